The van der Waals surface area contributed by atoms with E-state index in [1.807, 2.05) is 0 Å². The number of hydrogen-bond acceptors (Lipinski definition) is 5. The minimum Gasteiger partial charge on any atom is -0.531 e. The maximum atomic E-state index is 11.1. The highest BCUT2D eigenvalue weighted by atomic mass is 35.5. The molecule has 0 atom stereocenters. The van der Waals surface area contributed by atoms with E-state index in [4.69, 9.17) is 30.8 Å². The van der Waals surface area contributed by atoms with Gasteiger partial charge < -0.3 is 24.3 Å². The second-order valence-electron chi connectivity index (χ2n) is 3.28. The quantitative estimate of drug-likeness (QED) is 0.765. The van der Waals surface area contributed by atoms with Crippen molar-refractivity contribution in [1.29, 1.82) is 0 Å². The van der Waals surface area contributed by atoms with E-state index in [9.17, 15) is 9.82 Å². The lowest BCUT2D eigenvalue weighted by atomic mass is 9.91. The van der Waals surface area contributed by atoms with Crippen LogP contribution in [0.5, 0.6) is 17.2 Å². The zero-order chi connectivity index (χ0) is 12.6. The van der Waals surface area contributed by atoms with Crippen molar-refractivity contribution in [2.24, 2.45) is 0 Å². The third-order valence-electron chi connectivity index (χ3n) is 2.21. The summed E-state index contributed by atoms with van der Waals surface area (Å²) in [6.07, 6.45) is 0. The first-order valence-corrected chi connectivity index (χ1v) is 5.03. The first-order valence-electron chi connectivity index (χ1n) is 4.66. The first-order chi connectivity index (χ1) is 8.04. The summed E-state index contributed by atoms with van der Waals surface area (Å²) in [6.45, 7) is -0.113. The Morgan fingerprint density at radius 3 is 2.88 bits per heavy atom. The van der Waals surface area contributed by atoms with Crippen LogP contribution < -0.4 is 14.1 Å². The average Bonchev–Trinajstić information content (AvgIpc) is 2.27. The van der Waals surface area contributed by atoms with Gasteiger partial charge in [0.1, 0.15) is 17.8 Å². The molecule has 0 amide bonds. The maximum absolute atomic E-state index is 11.1. The van der Waals surface area contributed by atoms with Gasteiger partial charge in [-0.1, -0.05) is 11.6 Å². The van der Waals surface area contributed by atoms with Gasteiger partial charge in [-0.05, 0) is 0 Å². The minimum atomic E-state index is -1.26. The standard InChI is InChI=1S/C9H8BClO6/c1-15-5-2-4(11)7-8(6(5)9(12)13)17-10(14)3-16-7/h2,14H,3H2,1H3,(H,12,13). The van der Waals surface area contributed by atoms with Crippen molar-refractivity contribution in [2.75, 3.05) is 13.6 Å². The molecule has 0 fully saturated rings. The molecule has 0 aromatic heterocycles. The highest BCUT2D eigenvalue weighted by Crippen LogP contribution is 2.45. The predicted molar refractivity (Wildman–Crippen MR) is 59.1 cm³/mol. The number of aromatic carboxylic acids is 1. The molecule has 0 saturated heterocycles. The molecule has 0 unspecified atom stereocenters. The Morgan fingerprint density at radius 1 is 1.59 bits per heavy atom. The number of ether oxygens (including phenoxy) is 2. The Labute approximate surface area is 102 Å². The second kappa shape index (κ2) is 4.35. The molecule has 1 heterocycles. The molecule has 6 nitrogen and oxygen atoms in total. The predicted octanol–water partition coefficient (Wildman–Crippen LogP) is 0.838. The van der Waals surface area contributed by atoms with E-state index in [1.54, 1.807) is 0 Å². The van der Waals surface area contributed by atoms with Crippen molar-refractivity contribution in [1.82, 2.24) is 0 Å². The summed E-state index contributed by atoms with van der Waals surface area (Å²) in [6, 6.07) is 1.32. The Bertz CT molecular complexity index is 477. The third-order valence-corrected chi connectivity index (χ3v) is 2.49. The lowest BCUT2D eigenvalue weighted by Gasteiger charge is -2.24. The number of halogens is 1. The number of carboxylic acid groups (broad SMARTS) is 1. The van der Waals surface area contributed by atoms with Gasteiger partial charge in [0.2, 0.25) is 0 Å². The van der Waals surface area contributed by atoms with Crippen molar-refractivity contribution in [3.63, 3.8) is 0 Å². The van der Waals surface area contributed by atoms with Gasteiger partial charge in [0.15, 0.2) is 11.5 Å². The van der Waals surface area contributed by atoms with Crippen molar-refractivity contribution >= 4 is 24.7 Å². The largest absolute Gasteiger partial charge is 0.563 e. The van der Waals surface area contributed by atoms with Crippen LogP contribution in [0.4, 0.5) is 0 Å². The molecule has 0 saturated carbocycles. The Balaban J connectivity index is 2.66. The van der Waals surface area contributed by atoms with Crippen LogP contribution in [-0.2, 0) is 0 Å². The van der Waals surface area contributed by atoms with E-state index in [-0.39, 0.29) is 34.3 Å². The number of fused-ring (bicyclic) bond motifs is 1. The topological polar surface area (TPSA) is 85.2 Å². The van der Waals surface area contributed by atoms with E-state index in [2.05, 4.69) is 0 Å². The highest BCUT2D eigenvalue weighted by molar-refractivity contribution is 6.44. The normalized spacial score (nSPS) is 13.5. The molecule has 0 bridgehead atoms. The van der Waals surface area contributed by atoms with Gasteiger partial charge in [0.05, 0.1) is 12.1 Å². The fraction of sp³-hybridized carbons (Fsp3) is 0.222. The molecule has 0 radical (unpaired) electrons. The summed E-state index contributed by atoms with van der Waals surface area (Å²) in [5.74, 6) is -1.25. The summed E-state index contributed by atoms with van der Waals surface area (Å²) in [4.78, 5) is 11.1. The van der Waals surface area contributed by atoms with Gasteiger partial charge >= 0.3 is 13.1 Å². The van der Waals surface area contributed by atoms with E-state index >= 15 is 0 Å². The van der Waals surface area contributed by atoms with E-state index in [1.165, 1.54) is 13.2 Å². The lowest BCUT2D eigenvalue weighted by Crippen LogP contribution is -2.35. The molecule has 0 spiro atoms. The smallest absolute Gasteiger partial charge is 0.531 e. The van der Waals surface area contributed by atoms with Crippen LogP contribution >= 0.6 is 11.6 Å². The summed E-state index contributed by atoms with van der Waals surface area (Å²) < 4.78 is 15.1. The molecule has 1 aliphatic rings. The summed E-state index contributed by atoms with van der Waals surface area (Å²) in [5.41, 5.74) is -0.231. The minimum absolute atomic E-state index is 0.0407. The summed E-state index contributed by atoms with van der Waals surface area (Å²) in [7, 11) is 0.0775. The van der Waals surface area contributed by atoms with Gasteiger partial charge in [0, 0.05) is 6.07 Å². The molecule has 2 N–H and O–H groups in total. The van der Waals surface area contributed by atoms with Gasteiger partial charge in [-0.3, -0.25) is 0 Å². The molecule has 1 aliphatic heterocycles. The van der Waals surface area contributed by atoms with Gasteiger partial charge in [-0.25, -0.2) is 4.79 Å². The fourth-order valence-electron chi connectivity index (χ4n) is 1.52. The van der Waals surface area contributed by atoms with Crippen LogP contribution in [0.1, 0.15) is 10.4 Å². The zero-order valence-corrected chi connectivity index (χ0v) is 9.52. The molecule has 2 rings (SSSR count). The SMILES string of the molecule is COc1cc(Cl)c2c(c1C(=O)O)OB(O)CO2. The van der Waals surface area contributed by atoms with Crippen LogP contribution in [0.3, 0.4) is 0 Å². The average molecular weight is 258 g/mol. The molecule has 8 heteroatoms. The van der Waals surface area contributed by atoms with Crippen LogP contribution in [-0.4, -0.2) is 36.8 Å². The Hall–Kier alpha value is -1.60. The van der Waals surface area contributed by atoms with Gasteiger partial charge in [-0.15, -0.1) is 0 Å². The number of benzene rings is 1. The molecule has 1 aromatic carbocycles. The molecule has 90 valence electrons. The van der Waals surface area contributed by atoms with E-state index < -0.39 is 13.1 Å². The number of methoxy groups -OCH3 is 1. The van der Waals surface area contributed by atoms with E-state index in [0.717, 1.165) is 0 Å². The summed E-state index contributed by atoms with van der Waals surface area (Å²) in [5, 5.41) is 18.5. The maximum Gasteiger partial charge on any atom is 0.563 e. The monoisotopic (exact) mass is 258 g/mol. The van der Waals surface area contributed by atoms with Gasteiger partial charge in [-0.2, -0.15) is 0 Å². The summed E-state index contributed by atoms with van der Waals surface area (Å²) >= 11 is 5.89. The van der Waals surface area contributed by atoms with Crippen LogP contribution in [0.15, 0.2) is 6.07 Å². The van der Waals surface area contributed by atoms with Crippen LogP contribution in [0, 0.1) is 0 Å². The fourth-order valence-corrected chi connectivity index (χ4v) is 1.76. The van der Waals surface area contributed by atoms with Gasteiger partial charge in [0.25, 0.3) is 0 Å². The molecular weight excluding hydrogens is 250 g/mol. The Morgan fingerprint density at radius 2 is 2.29 bits per heavy atom. The molecule has 0 aliphatic carbocycles. The molecule has 1 aromatic rings. The van der Waals surface area contributed by atoms with Crippen molar-refractivity contribution in [2.45, 2.75) is 0 Å². The van der Waals surface area contributed by atoms with Crippen molar-refractivity contribution < 1.29 is 29.1 Å². The zero-order valence-electron chi connectivity index (χ0n) is 8.77. The number of carbonyl (C=O) groups is 1. The van der Waals surface area contributed by atoms with Crippen LogP contribution in [0.25, 0.3) is 0 Å². The lowest BCUT2D eigenvalue weighted by molar-refractivity contribution is 0.0689. The third kappa shape index (κ3) is 1.99. The molecular formula is C9H8BClO6. The van der Waals surface area contributed by atoms with Crippen molar-refractivity contribution in [3.8, 4) is 17.2 Å². The van der Waals surface area contributed by atoms with E-state index in [0.29, 0.717) is 0 Å². The second-order valence-corrected chi connectivity index (χ2v) is 3.69. The van der Waals surface area contributed by atoms with Crippen molar-refractivity contribution in [3.05, 3.63) is 16.7 Å². The number of carboxylic acids is 1. The Kier molecular flexibility index (Phi) is 3.04. The highest BCUT2D eigenvalue weighted by Gasteiger charge is 2.33. The number of rotatable bonds is 2. The van der Waals surface area contributed by atoms with Crippen LogP contribution in [0.2, 0.25) is 5.02 Å². The first kappa shape index (κ1) is 11.9. The molecule has 17 heavy (non-hydrogen) atoms. The number of hydrogen-bond donors (Lipinski definition) is 2.